The molecule has 1 heterocycles. The zero-order valence-electron chi connectivity index (χ0n) is 9.58. The van der Waals surface area contributed by atoms with E-state index in [0.29, 0.717) is 10.8 Å². The van der Waals surface area contributed by atoms with Crippen LogP contribution in [-0.4, -0.2) is 42.0 Å². The third-order valence-corrected chi connectivity index (χ3v) is 3.29. The molecular weight excluding hydrogens is 341 g/mol. The van der Waals surface area contributed by atoms with Crippen LogP contribution in [0.3, 0.4) is 0 Å². The van der Waals surface area contributed by atoms with Gasteiger partial charge >= 0.3 is 5.97 Å². The zero-order chi connectivity index (χ0) is 12.8. The molecule has 1 aliphatic rings. The Morgan fingerprint density at radius 1 is 1.71 bits per heavy atom. The number of hydrogen-bond acceptors (Lipinski definition) is 5. The lowest BCUT2D eigenvalue weighted by Crippen LogP contribution is -2.50. The number of carbonyl (C=O) groups is 1. The van der Waals surface area contributed by atoms with Crippen LogP contribution in [0, 0.1) is 0 Å². The molecule has 0 aromatic rings. The van der Waals surface area contributed by atoms with Crippen molar-refractivity contribution in [2.24, 2.45) is 5.11 Å². The van der Waals surface area contributed by atoms with Gasteiger partial charge in [0.1, 0.15) is 12.2 Å². The summed E-state index contributed by atoms with van der Waals surface area (Å²) in [6.45, 7) is 1.32. The highest BCUT2D eigenvalue weighted by Gasteiger charge is 2.40. The van der Waals surface area contributed by atoms with Gasteiger partial charge in [0.2, 0.25) is 0 Å². The van der Waals surface area contributed by atoms with Crippen LogP contribution in [0.5, 0.6) is 0 Å². The fourth-order valence-corrected chi connectivity index (χ4v) is 2.42. The zero-order valence-corrected chi connectivity index (χ0v) is 11.7. The van der Waals surface area contributed by atoms with Crippen molar-refractivity contribution in [3.8, 4) is 0 Å². The molecule has 8 heteroatoms. The van der Waals surface area contributed by atoms with Crippen molar-refractivity contribution in [1.29, 1.82) is 0 Å². The predicted octanol–water partition coefficient (Wildman–Crippen LogP) is 1.79. The van der Waals surface area contributed by atoms with Crippen LogP contribution in [0.15, 0.2) is 5.11 Å². The number of methoxy groups -OCH3 is 1. The van der Waals surface area contributed by atoms with E-state index in [1.807, 2.05) is 0 Å². The molecule has 0 unspecified atom stereocenters. The van der Waals surface area contributed by atoms with Crippen molar-refractivity contribution in [3.63, 3.8) is 0 Å². The number of esters is 1. The molecule has 4 atom stereocenters. The lowest BCUT2D eigenvalue weighted by atomic mass is 10.0. The Bertz CT molecular complexity index is 321. The molecule has 1 saturated heterocycles. The van der Waals surface area contributed by atoms with Crippen molar-refractivity contribution < 1.29 is 19.0 Å². The third kappa shape index (κ3) is 3.98. The summed E-state index contributed by atoms with van der Waals surface area (Å²) >= 11 is 2.13. The molecule has 1 rings (SSSR count). The molecular formula is C9H14IN3O4. The smallest absolute Gasteiger partial charge is 0.303 e. The minimum atomic E-state index is -0.549. The lowest BCUT2D eigenvalue weighted by Gasteiger charge is -2.38. The van der Waals surface area contributed by atoms with Crippen LogP contribution < -0.4 is 0 Å². The van der Waals surface area contributed by atoms with Gasteiger partial charge < -0.3 is 14.2 Å². The van der Waals surface area contributed by atoms with Gasteiger partial charge in [0, 0.05) is 29.8 Å². The first-order chi connectivity index (χ1) is 8.12. The second-order valence-corrected chi connectivity index (χ2v) is 4.46. The molecule has 0 radical (unpaired) electrons. The van der Waals surface area contributed by atoms with E-state index in [1.54, 1.807) is 0 Å². The number of alkyl halides is 1. The Morgan fingerprint density at radius 3 is 2.88 bits per heavy atom. The van der Waals surface area contributed by atoms with E-state index in [4.69, 9.17) is 19.7 Å². The van der Waals surface area contributed by atoms with Gasteiger partial charge in [-0.15, -0.1) is 0 Å². The monoisotopic (exact) mass is 355 g/mol. The molecule has 0 aliphatic carbocycles. The fraction of sp³-hybridized carbons (Fsp3) is 0.889. The summed E-state index contributed by atoms with van der Waals surface area (Å²) in [5.74, 6) is -0.414. The third-order valence-electron chi connectivity index (χ3n) is 2.42. The maximum Gasteiger partial charge on any atom is 0.303 e. The molecule has 0 aromatic carbocycles. The van der Waals surface area contributed by atoms with Gasteiger partial charge in [-0.1, -0.05) is 27.7 Å². The quantitative estimate of drug-likeness (QED) is 0.192. The summed E-state index contributed by atoms with van der Waals surface area (Å²) in [4.78, 5) is 13.8. The number of halogens is 1. The van der Waals surface area contributed by atoms with Gasteiger partial charge in [-0.2, -0.15) is 0 Å². The van der Waals surface area contributed by atoms with Gasteiger partial charge in [0.15, 0.2) is 6.29 Å². The van der Waals surface area contributed by atoms with E-state index in [-0.39, 0.29) is 6.10 Å². The Balaban J connectivity index is 2.85. The first kappa shape index (κ1) is 14.5. The van der Waals surface area contributed by atoms with E-state index < -0.39 is 24.4 Å². The maximum atomic E-state index is 11.0. The molecule has 1 aliphatic heterocycles. The topological polar surface area (TPSA) is 93.5 Å². The maximum absolute atomic E-state index is 11.0. The van der Waals surface area contributed by atoms with E-state index >= 15 is 0 Å². The first-order valence-corrected chi connectivity index (χ1v) is 6.60. The molecule has 0 N–H and O–H groups in total. The highest BCUT2D eigenvalue weighted by molar-refractivity contribution is 14.1. The number of nitrogens with zero attached hydrogens (tertiary/aromatic N) is 3. The van der Waals surface area contributed by atoms with Crippen LogP contribution in [0.4, 0.5) is 0 Å². The molecule has 1 fully saturated rings. The average molecular weight is 355 g/mol. The Labute approximate surface area is 113 Å². The van der Waals surface area contributed by atoms with Crippen molar-refractivity contribution >= 4 is 28.6 Å². The largest absolute Gasteiger partial charge is 0.459 e. The lowest BCUT2D eigenvalue weighted by molar-refractivity contribution is -0.218. The Hall–Kier alpha value is -0.570. The average Bonchev–Trinajstić information content (AvgIpc) is 2.30. The molecule has 0 spiro atoms. The Morgan fingerprint density at radius 2 is 2.41 bits per heavy atom. The summed E-state index contributed by atoms with van der Waals surface area (Å²) < 4.78 is 16.5. The van der Waals surface area contributed by atoms with Crippen molar-refractivity contribution in [1.82, 2.24) is 0 Å². The van der Waals surface area contributed by atoms with E-state index in [0.717, 1.165) is 0 Å². The molecule has 0 amide bonds. The Kier molecular flexibility index (Phi) is 5.96. The second kappa shape index (κ2) is 7.00. The second-order valence-electron chi connectivity index (χ2n) is 3.58. The summed E-state index contributed by atoms with van der Waals surface area (Å²) in [5.41, 5.74) is 8.52. The van der Waals surface area contributed by atoms with Crippen molar-refractivity contribution in [2.75, 3.05) is 11.5 Å². The van der Waals surface area contributed by atoms with Crippen LogP contribution in [0.25, 0.3) is 10.4 Å². The summed E-state index contributed by atoms with van der Waals surface area (Å²) in [6, 6.07) is -0.456. The molecule has 96 valence electrons. The molecule has 0 saturated carbocycles. The van der Waals surface area contributed by atoms with E-state index in [2.05, 4.69) is 32.6 Å². The van der Waals surface area contributed by atoms with Crippen LogP contribution in [-0.2, 0) is 19.0 Å². The molecule has 7 nitrogen and oxygen atoms in total. The number of carbonyl (C=O) groups excluding carboxylic acids is 1. The first-order valence-electron chi connectivity index (χ1n) is 5.08. The minimum absolute atomic E-state index is 0.325. The van der Waals surface area contributed by atoms with Crippen LogP contribution in [0.1, 0.15) is 13.3 Å². The highest BCUT2D eigenvalue weighted by atomic mass is 127. The van der Waals surface area contributed by atoms with Crippen LogP contribution in [0.2, 0.25) is 0 Å². The van der Waals surface area contributed by atoms with Crippen molar-refractivity contribution in [3.05, 3.63) is 10.4 Å². The normalized spacial score (nSPS) is 32.6. The van der Waals surface area contributed by atoms with Crippen LogP contribution >= 0.6 is 22.6 Å². The number of azide groups is 1. The van der Waals surface area contributed by atoms with E-state index in [1.165, 1.54) is 14.0 Å². The number of rotatable bonds is 4. The number of hydrogen-bond donors (Lipinski definition) is 0. The standard InChI is InChI=1S/C9H14IN3O4/c1-5(14)16-9-6(12-13-11)3-8(15-2)17-7(9)4-10/h6-9H,3-4H2,1-2H3/t6-,7+,8-,9+/m0/s1. The number of ether oxygens (including phenoxy) is 3. The minimum Gasteiger partial charge on any atom is -0.459 e. The molecule has 17 heavy (non-hydrogen) atoms. The summed E-state index contributed by atoms with van der Waals surface area (Å²) in [6.07, 6.45) is -0.927. The molecule has 0 bridgehead atoms. The van der Waals surface area contributed by atoms with Gasteiger partial charge in [-0.3, -0.25) is 4.79 Å². The predicted molar refractivity (Wildman–Crippen MR) is 67.7 cm³/mol. The highest BCUT2D eigenvalue weighted by Crippen LogP contribution is 2.27. The van der Waals surface area contributed by atoms with Gasteiger partial charge in [-0.05, 0) is 5.53 Å². The van der Waals surface area contributed by atoms with Crippen molar-refractivity contribution in [2.45, 2.75) is 37.9 Å². The SMILES string of the molecule is CO[C@@H]1C[C@H](N=[N+]=[N-])[C@@H](OC(C)=O)[C@@H](CI)O1. The van der Waals surface area contributed by atoms with Gasteiger partial charge in [-0.25, -0.2) is 0 Å². The molecule has 0 aromatic heterocycles. The van der Waals surface area contributed by atoms with Gasteiger partial charge in [0.25, 0.3) is 0 Å². The van der Waals surface area contributed by atoms with Gasteiger partial charge in [0.05, 0.1) is 6.04 Å². The summed E-state index contributed by atoms with van der Waals surface area (Å²) in [5, 5.41) is 3.65. The summed E-state index contributed by atoms with van der Waals surface area (Å²) in [7, 11) is 1.52. The fourth-order valence-electron chi connectivity index (χ4n) is 1.71. The van der Waals surface area contributed by atoms with E-state index in [9.17, 15) is 4.79 Å².